The predicted octanol–water partition coefficient (Wildman–Crippen LogP) is 2.11. The molecule has 0 fully saturated rings. The number of aryl methyl sites for hydroxylation is 1. The van der Waals surface area contributed by atoms with Gasteiger partial charge in [0.2, 0.25) is 22.7 Å². The molecule has 2 aromatic carbocycles. The molecule has 9 nitrogen and oxygen atoms in total. The monoisotopic (exact) mass is 444 g/mol. The van der Waals surface area contributed by atoms with Gasteiger partial charge in [-0.3, -0.25) is 4.79 Å². The average molecular weight is 445 g/mol. The fourth-order valence-corrected chi connectivity index (χ4v) is 4.27. The van der Waals surface area contributed by atoms with Crippen molar-refractivity contribution in [1.82, 2.24) is 19.2 Å². The van der Waals surface area contributed by atoms with Gasteiger partial charge in [-0.2, -0.15) is 0 Å². The number of sulfonamides is 1. The van der Waals surface area contributed by atoms with E-state index in [-0.39, 0.29) is 17.6 Å². The Bertz CT molecular complexity index is 1220. The van der Waals surface area contributed by atoms with E-state index < -0.39 is 10.0 Å². The van der Waals surface area contributed by atoms with Crippen molar-refractivity contribution in [3.63, 3.8) is 0 Å². The Labute approximate surface area is 180 Å². The number of benzene rings is 2. The highest BCUT2D eigenvalue weighted by atomic mass is 32.2. The molecule has 0 atom stereocenters. The van der Waals surface area contributed by atoms with Gasteiger partial charge in [0, 0.05) is 33.6 Å². The van der Waals surface area contributed by atoms with Crippen molar-refractivity contribution in [2.45, 2.75) is 30.8 Å². The number of nitrogens with one attached hydrogen (secondary N) is 1. The molecule has 1 amide bonds. The second kappa shape index (κ2) is 8.56. The topological polar surface area (TPSA) is 103 Å². The summed E-state index contributed by atoms with van der Waals surface area (Å²) in [5.41, 5.74) is 2.38. The molecule has 0 bridgehead atoms. The van der Waals surface area contributed by atoms with Gasteiger partial charge < -0.3 is 19.4 Å². The van der Waals surface area contributed by atoms with Crippen LogP contribution < -0.4 is 14.8 Å². The second-order valence-electron chi connectivity index (χ2n) is 7.44. The summed E-state index contributed by atoms with van der Waals surface area (Å²) < 4.78 is 38.3. The van der Waals surface area contributed by atoms with E-state index in [0.717, 1.165) is 11.1 Å². The van der Waals surface area contributed by atoms with Crippen molar-refractivity contribution in [3.8, 4) is 11.5 Å². The van der Waals surface area contributed by atoms with Crippen LogP contribution in [0, 0.1) is 0 Å². The molecule has 0 aliphatic carbocycles. The summed E-state index contributed by atoms with van der Waals surface area (Å²) in [5.74, 6) is 1.37. The first-order chi connectivity index (χ1) is 14.8. The minimum Gasteiger partial charge on any atom is -0.454 e. The first-order valence-electron chi connectivity index (χ1n) is 9.87. The van der Waals surface area contributed by atoms with Gasteiger partial charge in [0.15, 0.2) is 11.5 Å². The molecule has 10 heteroatoms. The maximum atomic E-state index is 12.3. The van der Waals surface area contributed by atoms with Gasteiger partial charge in [-0.15, -0.1) is 0 Å². The summed E-state index contributed by atoms with van der Waals surface area (Å²) in [5, 5.41) is 2.91. The highest BCUT2D eigenvalue weighted by molar-refractivity contribution is 7.89. The highest BCUT2D eigenvalue weighted by Gasteiger charge is 2.18. The van der Waals surface area contributed by atoms with E-state index in [2.05, 4.69) is 10.3 Å². The number of ether oxygens (including phenoxy) is 2. The first kappa shape index (κ1) is 21.1. The molecule has 1 N–H and O–H groups in total. The van der Waals surface area contributed by atoms with Gasteiger partial charge in [-0.1, -0.05) is 6.07 Å². The minimum atomic E-state index is -3.50. The molecule has 3 aromatic rings. The van der Waals surface area contributed by atoms with Crippen LogP contribution in [0.3, 0.4) is 0 Å². The van der Waals surface area contributed by atoms with E-state index >= 15 is 0 Å². The quantitative estimate of drug-likeness (QED) is 0.571. The number of nitrogens with zero attached hydrogens (tertiary/aromatic N) is 3. The Morgan fingerprint density at radius 3 is 2.77 bits per heavy atom. The lowest BCUT2D eigenvalue weighted by atomic mass is 10.2. The Morgan fingerprint density at radius 1 is 1.16 bits per heavy atom. The number of carbonyl (C=O) groups excluding carboxylic acids is 1. The Kier molecular flexibility index (Phi) is 5.84. The van der Waals surface area contributed by atoms with E-state index in [0.29, 0.717) is 42.9 Å². The van der Waals surface area contributed by atoms with Crippen LogP contribution in [0.5, 0.6) is 11.5 Å². The van der Waals surface area contributed by atoms with E-state index in [1.54, 1.807) is 24.5 Å². The van der Waals surface area contributed by atoms with Crippen LogP contribution >= 0.6 is 0 Å². The molecule has 1 aliphatic heterocycles. The maximum absolute atomic E-state index is 12.3. The van der Waals surface area contributed by atoms with Gasteiger partial charge in [-0.05, 0) is 42.3 Å². The summed E-state index contributed by atoms with van der Waals surface area (Å²) in [6.07, 6.45) is 2.68. The summed E-state index contributed by atoms with van der Waals surface area (Å²) in [6.45, 7) is 1.25. The predicted molar refractivity (Wildman–Crippen MR) is 114 cm³/mol. The van der Waals surface area contributed by atoms with Crippen molar-refractivity contribution in [2.75, 3.05) is 20.9 Å². The van der Waals surface area contributed by atoms with Crippen molar-refractivity contribution in [2.24, 2.45) is 0 Å². The zero-order valence-electron chi connectivity index (χ0n) is 17.4. The number of fused-ring (bicyclic) bond motifs is 2. The largest absolute Gasteiger partial charge is 0.454 e. The van der Waals surface area contributed by atoms with E-state index in [1.807, 2.05) is 22.8 Å². The zero-order valence-corrected chi connectivity index (χ0v) is 18.2. The molecule has 31 heavy (non-hydrogen) atoms. The number of hydrogen-bond acceptors (Lipinski definition) is 6. The second-order valence-corrected chi connectivity index (χ2v) is 9.60. The molecule has 4 rings (SSSR count). The molecular weight excluding hydrogens is 420 g/mol. The highest BCUT2D eigenvalue weighted by Crippen LogP contribution is 2.32. The third kappa shape index (κ3) is 4.49. The van der Waals surface area contributed by atoms with E-state index in [9.17, 15) is 13.2 Å². The van der Waals surface area contributed by atoms with Crippen LogP contribution in [0.4, 0.5) is 0 Å². The summed E-state index contributed by atoms with van der Waals surface area (Å²) in [7, 11) is -0.512. The van der Waals surface area contributed by atoms with Crippen molar-refractivity contribution in [3.05, 3.63) is 48.3 Å². The van der Waals surface area contributed by atoms with Gasteiger partial charge in [0.1, 0.15) is 0 Å². The summed E-state index contributed by atoms with van der Waals surface area (Å²) in [6, 6.07) is 10.5. The molecule has 0 spiro atoms. The Hall–Kier alpha value is -3.11. The molecule has 0 saturated carbocycles. The van der Waals surface area contributed by atoms with Crippen molar-refractivity contribution >= 4 is 27.0 Å². The SMILES string of the molecule is CN(C)S(=O)(=O)c1ccc2c(c1)ncn2CCCC(=O)NCc1ccc2c(c1)OCO2. The third-order valence-electron chi connectivity index (χ3n) is 5.10. The fraction of sp³-hybridized carbons (Fsp3) is 0.333. The lowest BCUT2D eigenvalue weighted by Gasteiger charge is -2.11. The van der Waals surface area contributed by atoms with Crippen molar-refractivity contribution < 1.29 is 22.7 Å². The van der Waals surface area contributed by atoms with Crippen LogP contribution in [0.2, 0.25) is 0 Å². The number of imidazole rings is 1. The van der Waals surface area contributed by atoms with Gasteiger partial charge in [0.25, 0.3) is 0 Å². The number of aromatic nitrogens is 2. The molecule has 0 saturated heterocycles. The van der Waals surface area contributed by atoms with E-state index in [1.165, 1.54) is 18.4 Å². The number of amides is 1. The molecular formula is C21H24N4O5S. The summed E-state index contributed by atoms with van der Waals surface area (Å²) in [4.78, 5) is 16.7. The normalized spacial score (nSPS) is 13.1. The minimum absolute atomic E-state index is 0.0403. The van der Waals surface area contributed by atoms with Crippen LogP contribution in [0.15, 0.2) is 47.6 Å². The lowest BCUT2D eigenvalue weighted by molar-refractivity contribution is -0.121. The zero-order chi connectivity index (χ0) is 22.0. The van der Waals surface area contributed by atoms with Gasteiger partial charge in [0.05, 0.1) is 22.3 Å². The van der Waals surface area contributed by atoms with Gasteiger partial charge >= 0.3 is 0 Å². The van der Waals surface area contributed by atoms with Crippen LogP contribution in [-0.4, -0.2) is 49.1 Å². The Morgan fingerprint density at radius 2 is 1.97 bits per heavy atom. The van der Waals surface area contributed by atoms with Crippen LogP contribution in [0.1, 0.15) is 18.4 Å². The van der Waals surface area contributed by atoms with E-state index in [4.69, 9.17) is 9.47 Å². The Balaban J connectivity index is 1.30. The first-order valence-corrected chi connectivity index (χ1v) is 11.3. The molecule has 164 valence electrons. The molecule has 1 aromatic heterocycles. The van der Waals surface area contributed by atoms with Gasteiger partial charge in [-0.25, -0.2) is 17.7 Å². The third-order valence-corrected chi connectivity index (χ3v) is 6.91. The molecule has 1 aliphatic rings. The lowest BCUT2D eigenvalue weighted by Crippen LogP contribution is -2.22. The maximum Gasteiger partial charge on any atom is 0.242 e. The molecule has 2 heterocycles. The summed E-state index contributed by atoms with van der Waals surface area (Å²) >= 11 is 0. The fourth-order valence-electron chi connectivity index (χ4n) is 3.34. The number of hydrogen-bond donors (Lipinski definition) is 1. The molecule has 0 unspecified atom stereocenters. The smallest absolute Gasteiger partial charge is 0.242 e. The van der Waals surface area contributed by atoms with Crippen LogP contribution in [-0.2, 0) is 27.9 Å². The standard InChI is InChI=1S/C21H24N4O5S/c1-24(2)31(27,28)16-6-7-18-17(11-16)23-13-25(18)9-3-4-21(26)22-12-15-5-8-19-20(10-15)30-14-29-19/h5-8,10-11,13H,3-4,9,12,14H2,1-2H3,(H,22,26). The van der Waals surface area contributed by atoms with Crippen molar-refractivity contribution in [1.29, 1.82) is 0 Å². The molecule has 0 radical (unpaired) electrons. The van der Waals surface area contributed by atoms with Crippen LogP contribution in [0.25, 0.3) is 11.0 Å². The number of rotatable bonds is 8. The number of carbonyl (C=O) groups is 1. The average Bonchev–Trinajstić information content (AvgIpc) is 3.38.